The van der Waals surface area contributed by atoms with Gasteiger partial charge in [0.2, 0.25) is 0 Å². The fraction of sp³-hybridized carbons (Fsp3) is 0.0581. The Morgan fingerprint density at radius 2 is 0.848 bits per heavy atom. The number of anilines is 1. The summed E-state index contributed by atoms with van der Waals surface area (Å²) in [6.07, 6.45) is 14.6. The number of benzene rings is 9. The number of para-hydroxylation sites is 1. The molecule has 648 valence electrons. The molecule has 27 nitrogen and oxygen atoms in total. The minimum absolute atomic E-state index is 0. The van der Waals surface area contributed by atoms with Crippen molar-refractivity contribution in [2.45, 2.75) is 6.42 Å². The monoisotopic (exact) mass is 2200 g/mol. The second-order valence-electron chi connectivity index (χ2n) is 23.7. The average molecular weight is 2200 g/mol. The van der Waals surface area contributed by atoms with E-state index in [0.29, 0.717) is 92.1 Å². The van der Waals surface area contributed by atoms with Crippen molar-refractivity contribution in [2.75, 3.05) is 29.7 Å². The van der Waals surface area contributed by atoms with Crippen LogP contribution < -0.4 is 27.9 Å². The standard InChI is InChI=1S/C18H15ClN4O.C18H14ClN3O.C12H11ClN2O3.C11H8ClN3O2.C8H8ClNS.C7H8ClN3.C7H6ClNS.C4H2O3.CH3I.2HI/c1-23(15-8-3-2-4-9-15)17(24)11-10-16-20-18(22-21-16)13-6-5-7-14(19)12-13;19-15-8-4-7-14(12-15)18-20-17(21-22-18)10-9-16(23)11-13-5-2-1-3-6-13;13-9-3-1-2-8(6-9)12(14)15-7-10(16)4-5-11(17)18;12-8-3-1-2-7(6-8)11-13-9(14-15-11)4-5-10(16)17;1-11-8(10)6-3-2-4-7(9)5-6;8-6-3-1-2-5(4-6)7(9)11-10;8-6-3-1-2-5(4-6)7(9)10;5-3-1-2-4(6)7-3;1-2;;/h2-12H,1H3,(H,20,21,22);1-10,12H,11H2,(H,20,21,22);1-6H,7H2,(H2,14,15)(H,17,18);1-6H,(H,16,17)(H,13,14,15);2-5,10H,1H3;1-4H,10H2,(H2,9,11);1-4H,(H2,9,10);1-2H;1H3;2*1H/b11-10-;10-9-;2*5-4-;;;;;;;. The summed E-state index contributed by atoms with van der Waals surface area (Å²) < 4.78 is 3.97. The molecule has 0 fully saturated rings. The largest absolute Gasteiger partial charge is 0.478 e. The van der Waals surface area contributed by atoms with Crippen LogP contribution in [-0.2, 0) is 44.7 Å². The third kappa shape index (κ3) is 42.9. The van der Waals surface area contributed by atoms with Gasteiger partial charge in [0.05, 0.1) is 5.04 Å². The number of amidine groups is 2. The number of carbonyl (C=O) groups excluding carboxylic acids is 5. The first-order chi connectivity index (χ1) is 58.9. The first-order valence-electron chi connectivity index (χ1n) is 35.2. The van der Waals surface area contributed by atoms with Crippen molar-refractivity contribution in [2.24, 2.45) is 33.1 Å². The summed E-state index contributed by atoms with van der Waals surface area (Å²) in [6, 6.07) is 69.0. The number of ketones is 2. The normalized spacial score (nSPS) is 10.9. The second-order valence-corrected chi connectivity index (χ2v) is 28.0. The number of aliphatic imine (C=N–C) groups is 1. The highest BCUT2D eigenvalue weighted by Gasteiger charge is 2.13. The molecule has 1 amide bonds. The summed E-state index contributed by atoms with van der Waals surface area (Å²) in [7, 11) is 1.72. The number of nitrogens with two attached hydrogens (primary N) is 4. The van der Waals surface area contributed by atoms with Crippen molar-refractivity contribution in [1.82, 2.24) is 45.5 Å². The molecule has 0 saturated heterocycles. The van der Waals surface area contributed by atoms with E-state index in [-0.39, 0.29) is 77.9 Å². The molecule has 0 aliphatic carbocycles. The van der Waals surface area contributed by atoms with Gasteiger partial charge in [-0.25, -0.2) is 34.1 Å². The van der Waals surface area contributed by atoms with Gasteiger partial charge in [0, 0.05) is 124 Å². The zero-order valence-electron chi connectivity index (χ0n) is 65.8. The first-order valence-corrected chi connectivity index (χ1v) is 41.6. The molecule has 39 heteroatoms. The highest BCUT2D eigenvalue weighted by atomic mass is 127. The van der Waals surface area contributed by atoms with Crippen LogP contribution in [0.5, 0.6) is 0 Å². The van der Waals surface area contributed by atoms with Gasteiger partial charge in [0.1, 0.15) is 40.7 Å². The number of amides is 1. The van der Waals surface area contributed by atoms with E-state index in [9.17, 15) is 33.6 Å². The summed E-state index contributed by atoms with van der Waals surface area (Å²) in [5.74, 6) is 4.42. The van der Waals surface area contributed by atoms with E-state index in [1.54, 1.807) is 139 Å². The predicted molar refractivity (Wildman–Crippen MR) is 536 cm³/mol. The molecule has 3 aromatic heterocycles. The number of cyclic esters (lactones) is 2. The van der Waals surface area contributed by atoms with Crippen LogP contribution >= 0.6 is 176 Å². The van der Waals surface area contributed by atoms with Crippen LogP contribution in [0.4, 0.5) is 5.69 Å². The molecule has 0 unspecified atom stereocenters. The number of hydrogen-bond acceptors (Lipinski definition) is 20. The number of H-pyrrole nitrogens is 3. The number of esters is 2. The topological polar surface area (TPSA) is 450 Å². The van der Waals surface area contributed by atoms with E-state index in [1.807, 2.05) is 126 Å². The third-order valence-electron chi connectivity index (χ3n) is 14.8. The van der Waals surface area contributed by atoms with Gasteiger partial charge in [-0.15, -0.1) is 59.7 Å². The van der Waals surface area contributed by atoms with Crippen LogP contribution in [0.3, 0.4) is 0 Å². The van der Waals surface area contributed by atoms with Gasteiger partial charge in [-0.05, 0) is 144 Å². The van der Waals surface area contributed by atoms with Crippen molar-refractivity contribution in [3.05, 3.63) is 354 Å². The summed E-state index contributed by atoms with van der Waals surface area (Å²) in [5.41, 5.74) is 23.7. The van der Waals surface area contributed by atoms with Gasteiger partial charge < -0.3 is 42.9 Å². The van der Waals surface area contributed by atoms with Gasteiger partial charge in [0.25, 0.3) is 5.91 Å². The van der Waals surface area contributed by atoms with Crippen LogP contribution in [0, 0.1) is 5.41 Å². The highest BCUT2D eigenvalue weighted by Crippen LogP contribution is 2.24. The minimum Gasteiger partial charge on any atom is -0.478 e. The van der Waals surface area contributed by atoms with E-state index in [2.05, 4.69) is 83.0 Å². The number of carboxylic acid groups (broad SMARTS) is 2. The van der Waals surface area contributed by atoms with Gasteiger partial charge in [-0.2, -0.15) is 20.4 Å². The quantitative estimate of drug-likeness (QED) is 0.00324. The van der Waals surface area contributed by atoms with Crippen LogP contribution in [0.2, 0.25) is 35.2 Å². The molecule has 125 heavy (non-hydrogen) atoms. The van der Waals surface area contributed by atoms with E-state index in [0.717, 1.165) is 75.0 Å². The number of hydrogen-bond donors (Lipinski definition) is 10. The Morgan fingerprint density at radius 1 is 0.488 bits per heavy atom. The maximum absolute atomic E-state index is 12.2. The van der Waals surface area contributed by atoms with Gasteiger partial charge in [-0.3, -0.25) is 40.1 Å². The smallest absolute Gasteiger partial charge is 0.338 e. The number of thioether (sulfide) groups is 1. The maximum atomic E-state index is 12.2. The zero-order valence-corrected chi connectivity index (χ0v) is 79.5. The predicted octanol–water partition coefficient (Wildman–Crippen LogP) is 19.1. The number of ether oxygens (including phenoxy) is 1. The Bertz CT molecular complexity index is 5790. The Labute approximate surface area is 811 Å². The summed E-state index contributed by atoms with van der Waals surface area (Å²) in [4.78, 5) is 96.3. The van der Waals surface area contributed by atoms with E-state index in [1.165, 1.54) is 30.0 Å². The van der Waals surface area contributed by atoms with E-state index < -0.39 is 29.7 Å². The fourth-order valence-corrected chi connectivity index (χ4v) is 10.9. The van der Waals surface area contributed by atoms with Crippen molar-refractivity contribution >= 4 is 263 Å². The number of aromatic amines is 3. The molecule has 0 atom stereocenters. The number of aromatic nitrogens is 9. The van der Waals surface area contributed by atoms with Gasteiger partial charge >= 0.3 is 23.9 Å². The number of thiocarbonyl (C=S) groups is 1. The fourth-order valence-electron chi connectivity index (χ4n) is 9.07. The molecule has 0 bridgehead atoms. The molecule has 12 aromatic rings. The molecule has 4 heterocycles. The highest BCUT2D eigenvalue weighted by molar-refractivity contribution is 14.1. The van der Waals surface area contributed by atoms with Crippen LogP contribution in [-0.4, -0.2) is 144 Å². The molecule has 0 spiro atoms. The number of carbonyl (C=O) groups is 7. The molecule has 1 aliphatic rings. The molecule has 0 saturated carbocycles. The lowest BCUT2D eigenvalue weighted by molar-refractivity contribution is -0.150. The number of likely N-dealkylation sites (N-methyl/N-ethyl adjacent to an activating group) is 1. The lowest BCUT2D eigenvalue weighted by Gasteiger charge is -2.14. The average Bonchev–Trinajstić information content (AvgIpc) is 1.73. The van der Waals surface area contributed by atoms with Crippen LogP contribution in [0.1, 0.15) is 45.3 Å². The maximum Gasteiger partial charge on any atom is 0.338 e. The van der Waals surface area contributed by atoms with E-state index in [4.69, 9.17) is 132 Å². The number of nitrogens with one attached hydrogen (secondary N) is 4. The number of rotatable bonds is 20. The summed E-state index contributed by atoms with van der Waals surface area (Å²) in [6.45, 7) is -0.206. The Hall–Kier alpha value is -11.1. The Morgan fingerprint density at radius 3 is 1.22 bits per heavy atom. The SMILES string of the molecule is CI.CN(C(=O)/C=C\c1nc(-c2cccc(Cl)c2)n[nH]1)c1ccccc1.CSC(=N)c1cccc(Cl)c1.I.I.NC(=NCC(=O)/C=C\C(=O)O)c1cccc(Cl)c1.NC(=S)c1cccc(Cl)c1.NN=C(N)c1cccc(Cl)c1.O=C(/C=C\c1nc(-c2cccc(Cl)c2)n[nH]1)Cc1ccccc1.O=C(O)/C=C\c1nc(-c2cccc(Cl)c2)n[nH]1.O=C1C=CC(=O)O1. The Kier molecular flexibility index (Phi) is 51.6. The molecule has 1 aliphatic heterocycles. The summed E-state index contributed by atoms with van der Waals surface area (Å²) in [5, 5.41) is 52.9. The second kappa shape index (κ2) is 59.7. The third-order valence-corrected chi connectivity index (χ3v) is 17.3. The number of allylic oxidation sites excluding steroid dienone is 1. The van der Waals surface area contributed by atoms with Gasteiger partial charge in [0.15, 0.2) is 29.0 Å². The van der Waals surface area contributed by atoms with Crippen molar-refractivity contribution in [3.8, 4) is 34.2 Å². The molecule has 13 rings (SSSR count). The zero-order chi connectivity index (χ0) is 90.2. The Balaban J connectivity index is 0.000000376. The van der Waals surface area contributed by atoms with E-state index >= 15 is 0 Å². The minimum atomic E-state index is -1.19. The number of hydrazone groups is 1. The molecular formula is C86H77Cl7I3N17O10S2. The van der Waals surface area contributed by atoms with Gasteiger partial charge in [-0.1, -0.05) is 249 Å². The summed E-state index contributed by atoms with van der Waals surface area (Å²) >= 11 is 49.0. The molecule has 14 N–H and O–H groups in total. The number of alkyl halides is 1. The van der Waals surface area contributed by atoms with Crippen molar-refractivity contribution in [1.29, 1.82) is 5.41 Å². The number of nitrogens with zero attached hydrogens (tertiary/aromatic N) is 9. The molecule has 9 aromatic carbocycles. The van der Waals surface area contributed by atoms with Crippen LogP contribution in [0.25, 0.3) is 52.4 Å². The lowest BCUT2D eigenvalue weighted by Crippen LogP contribution is -2.23. The van der Waals surface area contributed by atoms with Crippen molar-refractivity contribution in [3.63, 3.8) is 0 Å². The lowest BCUT2D eigenvalue weighted by atomic mass is 10.1. The molecule has 0 radical (unpaired) electrons. The number of carboxylic acids is 2. The van der Waals surface area contributed by atoms with Crippen LogP contribution in [0.15, 0.2) is 283 Å². The molecular weight excluding hydrogens is 2120 g/mol. The van der Waals surface area contributed by atoms with Crippen molar-refractivity contribution < 1.29 is 48.5 Å². The number of halogens is 10. The number of aliphatic carboxylic acids is 2. The first kappa shape index (κ1) is 108.